The normalized spacial score (nSPS) is 17.9. The summed E-state index contributed by atoms with van der Waals surface area (Å²) < 4.78 is 0. The van der Waals surface area contributed by atoms with Crippen molar-refractivity contribution in [3.8, 4) is 0 Å². The Morgan fingerprint density at radius 2 is 1.23 bits per heavy atom. The third kappa shape index (κ3) is 5.61. The second-order valence-electron chi connectivity index (χ2n) is 8.62. The molecule has 0 fully saturated rings. The first-order valence-electron chi connectivity index (χ1n) is 9.82. The van der Waals surface area contributed by atoms with Crippen LogP contribution >= 0.6 is 0 Å². The van der Waals surface area contributed by atoms with Crippen LogP contribution in [0, 0.1) is 48.5 Å². The van der Waals surface area contributed by atoms with E-state index in [2.05, 4.69) is 91.8 Å². The molecule has 2 aromatic carbocycles. The Hall–Kier alpha value is -0.149. The van der Waals surface area contributed by atoms with Gasteiger partial charge >= 0.3 is 21.7 Å². The number of allylic oxidation sites excluding steroid dienone is 4. The van der Waals surface area contributed by atoms with Crippen molar-refractivity contribution in [1.29, 1.82) is 0 Å². The predicted octanol–water partition coefficient (Wildman–Crippen LogP) is -3.81. The van der Waals surface area contributed by atoms with Gasteiger partial charge in [-0.05, 0) is 48.9 Å². The van der Waals surface area contributed by atoms with E-state index >= 15 is 0 Å². The summed E-state index contributed by atoms with van der Waals surface area (Å²) in [6, 6.07) is 4.99. The molecular formula is C25H33Cl3SiTi. The largest absolute Gasteiger partial charge is 4.00 e. The van der Waals surface area contributed by atoms with Crippen LogP contribution in [0.4, 0.5) is 0 Å². The molecule has 0 spiro atoms. The van der Waals surface area contributed by atoms with E-state index in [4.69, 9.17) is 0 Å². The van der Waals surface area contributed by atoms with Crippen molar-refractivity contribution in [2.24, 2.45) is 0 Å². The average Bonchev–Trinajstić information content (AvgIpc) is 2.78. The Bertz CT molecular complexity index is 878. The van der Waals surface area contributed by atoms with E-state index in [0.29, 0.717) is 0 Å². The van der Waals surface area contributed by atoms with Crippen LogP contribution in [0.25, 0.3) is 0 Å². The topological polar surface area (TPSA) is 0 Å². The fourth-order valence-electron chi connectivity index (χ4n) is 4.75. The molecule has 0 aliphatic heterocycles. The summed E-state index contributed by atoms with van der Waals surface area (Å²) in [6.45, 7) is 18.6. The number of hydrogen-bond acceptors (Lipinski definition) is 0. The summed E-state index contributed by atoms with van der Waals surface area (Å²) in [5, 5.41) is 3.53. The Morgan fingerprint density at radius 3 is 1.63 bits per heavy atom. The molecule has 1 aliphatic carbocycles. The molecule has 0 nitrogen and oxygen atoms in total. The molecule has 2 unspecified atom stereocenters. The minimum Gasteiger partial charge on any atom is -1.00 e. The Morgan fingerprint density at radius 1 is 0.767 bits per heavy atom. The number of rotatable bonds is 3. The summed E-state index contributed by atoms with van der Waals surface area (Å²) in [5.41, 5.74) is 10.4. The van der Waals surface area contributed by atoms with Gasteiger partial charge in [0.1, 0.15) is 0 Å². The van der Waals surface area contributed by atoms with Crippen molar-refractivity contribution >= 4 is 19.2 Å². The maximum atomic E-state index is 2.49. The predicted molar refractivity (Wildman–Crippen MR) is 119 cm³/mol. The van der Waals surface area contributed by atoms with Crippen LogP contribution in [0.1, 0.15) is 52.3 Å². The van der Waals surface area contributed by atoms with Gasteiger partial charge < -0.3 is 37.2 Å². The first kappa shape index (κ1) is 32.0. The van der Waals surface area contributed by atoms with Crippen molar-refractivity contribution < 1.29 is 58.9 Å². The second-order valence-corrected chi connectivity index (χ2v) is 12.1. The van der Waals surface area contributed by atoms with E-state index in [9.17, 15) is 0 Å². The molecular weight excluding hydrogens is 483 g/mol. The van der Waals surface area contributed by atoms with Crippen LogP contribution in [0.15, 0.2) is 36.4 Å². The van der Waals surface area contributed by atoms with E-state index in [1.807, 2.05) is 0 Å². The first-order valence-corrected chi connectivity index (χ1v) is 11.6. The fraction of sp³-hybridized carbons (Fsp3) is 0.400. The maximum Gasteiger partial charge on any atom is 4.00 e. The minimum absolute atomic E-state index is 0. The van der Waals surface area contributed by atoms with E-state index in [1.165, 1.54) is 38.9 Å². The Labute approximate surface area is 219 Å². The molecule has 0 heterocycles. The molecule has 3 rings (SSSR count). The molecule has 0 saturated carbocycles. The van der Waals surface area contributed by atoms with Gasteiger partial charge in [-0.1, -0.05) is 76.2 Å². The van der Waals surface area contributed by atoms with E-state index in [1.54, 1.807) is 10.4 Å². The van der Waals surface area contributed by atoms with Gasteiger partial charge in [-0.3, -0.25) is 0 Å². The standard InChI is InChI=1S/C25H33Si.3ClH.Ti/c1-16-14-23(15-17(2)18(16)3)26(25(8)12-10-9-11-13-25)24-21(6)19(4)20(5)22(24)7;;;;/h9-12,14-15,26H,13H2,1-8H3;3*1H;/q-1;;;;+4/p-3. The van der Waals surface area contributed by atoms with Crippen molar-refractivity contribution in [2.45, 2.75) is 66.8 Å². The SMILES string of the molecule is Cc1cc([SiH]([c-]2c(C)c(C)c(C)c2C)C2(C)C=CC=CC2)cc(C)c1C.[Cl-].[Cl-].[Cl-].[Ti+4]. The van der Waals surface area contributed by atoms with Crippen LogP contribution in [0.5, 0.6) is 0 Å². The molecule has 30 heavy (non-hydrogen) atoms. The van der Waals surface area contributed by atoms with E-state index < -0.39 is 8.80 Å². The summed E-state index contributed by atoms with van der Waals surface area (Å²) in [7, 11) is -1.45. The van der Waals surface area contributed by atoms with Crippen LogP contribution in [0.2, 0.25) is 5.04 Å². The van der Waals surface area contributed by atoms with E-state index in [0.717, 1.165) is 6.42 Å². The van der Waals surface area contributed by atoms with Gasteiger partial charge in [0, 0.05) is 0 Å². The summed E-state index contributed by atoms with van der Waals surface area (Å²) in [6.07, 6.45) is 10.5. The Balaban J connectivity index is 0. The molecule has 2 aromatic rings. The summed E-state index contributed by atoms with van der Waals surface area (Å²) in [5.74, 6) is 0. The second kappa shape index (κ2) is 12.2. The third-order valence-electron chi connectivity index (χ3n) is 7.01. The number of benzene rings is 1. The molecule has 0 N–H and O–H groups in total. The molecule has 0 radical (unpaired) electrons. The van der Waals surface area contributed by atoms with Crippen LogP contribution in [-0.2, 0) is 21.7 Å². The summed E-state index contributed by atoms with van der Waals surface area (Å²) in [4.78, 5) is 0. The zero-order valence-corrected chi connectivity index (χ0v) is 24.4. The smallest absolute Gasteiger partial charge is 1.00 e. The molecule has 5 heteroatoms. The van der Waals surface area contributed by atoms with Gasteiger partial charge in [-0.2, -0.15) is 27.4 Å². The van der Waals surface area contributed by atoms with Crippen molar-refractivity contribution in [1.82, 2.24) is 0 Å². The van der Waals surface area contributed by atoms with Crippen molar-refractivity contribution in [3.05, 3.63) is 75.4 Å². The monoisotopic (exact) mass is 514 g/mol. The van der Waals surface area contributed by atoms with Gasteiger partial charge in [-0.15, -0.1) is 0 Å². The minimum atomic E-state index is -1.45. The van der Waals surface area contributed by atoms with Crippen molar-refractivity contribution in [2.75, 3.05) is 0 Å². The number of halogens is 3. The number of aryl methyl sites for hydroxylation is 2. The van der Waals surface area contributed by atoms with Crippen LogP contribution in [-0.4, -0.2) is 8.80 Å². The van der Waals surface area contributed by atoms with Gasteiger partial charge in [0.15, 0.2) is 0 Å². The first-order chi connectivity index (χ1) is 12.2. The molecule has 0 amide bonds. The molecule has 0 bridgehead atoms. The molecule has 0 saturated heterocycles. The maximum absolute atomic E-state index is 2.49. The average molecular weight is 516 g/mol. The molecule has 0 aromatic heterocycles. The van der Waals surface area contributed by atoms with Gasteiger partial charge in [0.25, 0.3) is 0 Å². The summed E-state index contributed by atoms with van der Waals surface area (Å²) >= 11 is 0. The van der Waals surface area contributed by atoms with E-state index in [-0.39, 0.29) is 64.0 Å². The van der Waals surface area contributed by atoms with Crippen molar-refractivity contribution in [3.63, 3.8) is 0 Å². The zero-order valence-electron chi connectivity index (χ0n) is 19.4. The van der Waals surface area contributed by atoms with Gasteiger partial charge in [-0.25, -0.2) is 0 Å². The third-order valence-corrected chi connectivity index (χ3v) is 11.2. The van der Waals surface area contributed by atoms with Gasteiger partial charge in [0.2, 0.25) is 0 Å². The quantitative estimate of drug-likeness (QED) is 0.291. The van der Waals surface area contributed by atoms with Crippen LogP contribution in [0.3, 0.4) is 0 Å². The zero-order chi connectivity index (χ0) is 19.2. The molecule has 162 valence electrons. The number of hydrogen-bond donors (Lipinski definition) is 0. The molecule has 1 aliphatic rings. The van der Waals surface area contributed by atoms with Crippen LogP contribution < -0.4 is 47.6 Å². The van der Waals surface area contributed by atoms with Gasteiger partial charge in [0.05, 0.1) is 8.80 Å². The molecule has 2 atom stereocenters. The Kier molecular flexibility index (Phi) is 13.0. The fourth-order valence-corrected chi connectivity index (χ4v) is 9.31.